The van der Waals surface area contributed by atoms with Gasteiger partial charge in [0.2, 0.25) is 0 Å². The molecule has 0 saturated heterocycles. The van der Waals surface area contributed by atoms with Crippen molar-refractivity contribution < 1.29 is 46.5 Å². The molecule has 0 bridgehead atoms. The molecule has 0 N–H and O–H groups in total. The Hall–Kier alpha value is -1.39. The second-order valence-electron chi connectivity index (χ2n) is 13.5. The van der Waals surface area contributed by atoms with E-state index in [4.69, 9.17) is 11.6 Å². The molecule has 3 aromatic rings. The normalized spacial score (nSPS) is 12.8. The molecule has 0 unspecified atom stereocenters. The van der Waals surface area contributed by atoms with Crippen LogP contribution in [0.5, 0.6) is 0 Å². The quantitative estimate of drug-likeness (QED) is 0.232. The summed E-state index contributed by atoms with van der Waals surface area (Å²) in [5, 5.41) is 4.91. The van der Waals surface area contributed by atoms with Gasteiger partial charge in [0.1, 0.15) is 5.16 Å². The molecule has 0 fully saturated rings. The molecule has 2 radical (unpaired) electrons. The van der Waals surface area contributed by atoms with Crippen LogP contribution in [0.2, 0.25) is 0 Å². The van der Waals surface area contributed by atoms with Crippen molar-refractivity contribution >= 4 is 35.4 Å². The summed E-state index contributed by atoms with van der Waals surface area (Å²) in [5.41, 5.74) is 8.90. The van der Waals surface area contributed by atoms with Gasteiger partial charge in [-0.2, -0.15) is 0 Å². The largest absolute Gasteiger partial charge is 3.00 e. The minimum absolute atomic E-state index is 0. The monoisotopic (exact) mass is 715 g/mol. The van der Waals surface area contributed by atoms with Gasteiger partial charge in [0.15, 0.2) is 0 Å². The van der Waals surface area contributed by atoms with E-state index in [-0.39, 0.29) is 53.5 Å². The topological polar surface area (TPSA) is 20.6 Å². The van der Waals surface area contributed by atoms with Crippen LogP contribution in [0.4, 0.5) is 11.4 Å². The van der Waals surface area contributed by atoms with Gasteiger partial charge in [0, 0.05) is 11.4 Å². The van der Waals surface area contributed by atoms with Crippen LogP contribution < -0.4 is 39.9 Å². The Bertz CT molecular complexity index is 1300. The van der Waals surface area contributed by atoms with Gasteiger partial charge >= 0.3 is 28.7 Å². The molecule has 3 aromatic carbocycles. The van der Waals surface area contributed by atoms with Crippen LogP contribution in [0.1, 0.15) is 129 Å². The molecular formula is C38H53BCl3N3Ti. The summed E-state index contributed by atoms with van der Waals surface area (Å²) in [6.45, 7) is 26.4. The Kier molecular flexibility index (Phi) is 19.6. The van der Waals surface area contributed by atoms with Crippen LogP contribution in [-0.2, 0) is 21.7 Å². The molecule has 0 amide bonds. The van der Waals surface area contributed by atoms with E-state index < -0.39 is 0 Å². The molecule has 248 valence electrons. The summed E-state index contributed by atoms with van der Waals surface area (Å²) in [6.07, 6.45) is 3.63. The van der Waals surface area contributed by atoms with E-state index in [1.807, 2.05) is 0 Å². The van der Waals surface area contributed by atoms with Crippen molar-refractivity contribution in [2.75, 3.05) is 9.62 Å². The third-order valence-corrected chi connectivity index (χ3v) is 8.04. The zero-order valence-corrected chi connectivity index (χ0v) is 33.7. The zero-order chi connectivity index (χ0) is 32.0. The summed E-state index contributed by atoms with van der Waals surface area (Å²) >= 11 is 7.21. The van der Waals surface area contributed by atoms with Crippen molar-refractivity contribution in [1.29, 1.82) is 0 Å². The first-order valence-corrected chi connectivity index (χ1v) is 16.5. The summed E-state index contributed by atoms with van der Waals surface area (Å²) in [7, 11) is 0. The predicted octanol–water partition coefficient (Wildman–Crippen LogP) is 4.93. The number of benzene rings is 3. The molecule has 4 rings (SSSR count). The fraction of sp³-hybridized carbons (Fsp3) is 0.474. The molecule has 1 aliphatic heterocycles. The van der Waals surface area contributed by atoms with E-state index in [2.05, 4.69) is 171 Å². The Balaban J connectivity index is 0.00000182. The van der Waals surface area contributed by atoms with Crippen LogP contribution >= 0.6 is 11.6 Å². The smallest absolute Gasteiger partial charge is 1.00 e. The van der Waals surface area contributed by atoms with E-state index in [0.29, 0.717) is 40.9 Å². The summed E-state index contributed by atoms with van der Waals surface area (Å²) in [5.74, 6) is 1.48. The number of para-hydroxylation sites is 2. The van der Waals surface area contributed by atoms with Gasteiger partial charge in [0.05, 0.1) is 6.20 Å². The van der Waals surface area contributed by atoms with Crippen molar-refractivity contribution in [3.63, 3.8) is 0 Å². The Morgan fingerprint density at radius 1 is 0.565 bits per heavy atom. The van der Waals surface area contributed by atoms with Crippen molar-refractivity contribution in [3.8, 4) is 0 Å². The van der Waals surface area contributed by atoms with Gasteiger partial charge in [-0.1, -0.05) is 161 Å². The number of nitrogens with zero attached hydrogens (tertiary/aromatic N) is 3. The first-order valence-electron chi connectivity index (χ1n) is 16.1. The summed E-state index contributed by atoms with van der Waals surface area (Å²) in [6, 6.07) is 25.1. The van der Waals surface area contributed by atoms with Crippen molar-refractivity contribution in [2.24, 2.45) is 0 Å². The van der Waals surface area contributed by atoms with E-state index in [9.17, 15) is 0 Å². The van der Waals surface area contributed by atoms with E-state index in [1.54, 1.807) is 0 Å². The number of hydrogen-bond donors (Lipinski definition) is 0. The summed E-state index contributed by atoms with van der Waals surface area (Å²) in [4.78, 5) is 4.63. The van der Waals surface area contributed by atoms with Crippen LogP contribution in [0.25, 0.3) is 5.32 Å². The minimum Gasteiger partial charge on any atom is -1.00 e. The minimum atomic E-state index is -0.131. The maximum absolute atomic E-state index is 7.21. The first-order chi connectivity index (χ1) is 20.3. The number of hydrogen-bond acceptors (Lipinski definition) is 2. The number of rotatable bonds is 9. The maximum Gasteiger partial charge on any atom is 3.00 e. The third kappa shape index (κ3) is 10.8. The Labute approximate surface area is 314 Å². The molecule has 1 heterocycles. The molecule has 1 aliphatic rings. The second kappa shape index (κ2) is 20.2. The number of halogens is 3. The molecule has 0 saturated carbocycles. The van der Waals surface area contributed by atoms with Crippen LogP contribution in [-0.4, -0.2) is 19.1 Å². The van der Waals surface area contributed by atoms with Gasteiger partial charge in [-0.05, 0) is 51.4 Å². The summed E-state index contributed by atoms with van der Waals surface area (Å²) < 4.78 is 0. The Morgan fingerprint density at radius 2 is 0.935 bits per heavy atom. The first kappa shape index (κ1) is 44.6. The molecule has 0 atom stereocenters. The van der Waals surface area contributed by atoms with E-state index in [1.165, 1.54) is 39.1 Å². The second-order valence-corrected chi connectivity index (χ2v) is 13.8. The molecule has 8 heteroatoms. The van der Waals surface area contributed by atoms with Crippen LogP contribution in [0, 0.1) is 6.20 Å². The van der Waals surface area contributed by atoms with Gasteiger partial charge in [-0.3, -0.25) is 0 Å². The fourth-order valence-corrected chi connectivity index (χ4v) is 6.20. The average Bonchev–Trinajstić information content (AvgIpc) is 3.28. The van der Waals surface area contributed by atoms with Gasteiger partial charge in [-0.15, -0.1) is 12.1 Å². The van der Waals surface area contributed by atoms with Crippen LogP contribution in [0.3, 0.4) is 0 Å². The van der Waals surface area contributed by atoms with Crippen LogP contribution in [0.15, 0.2) is 71.9 Å². The molecular weight excluding hydrogens is 663 g/mol. The van der Waals surface area contributed by atoms with Gasteiger partial charge in [0.25, 0.3) is 0 Å². The zero-order valence-electron chi connectivity index (χ0n) is 29.9. The molecule has 0 aromatic heterocycles. The standard InChI is InChI=1S/C32H39BClN2.C6H14N.2ClH.Ti/c1-21(2)26-16-12-17-27(22(3)4)31(26)35-20-30(34)36(33(35)25-14-10-9-11-15-25)32-28(23(5)6)18-13-19-29(32)24(7)8;1-5(2)7-6(3)4;;;/h9-19,21-24H,1-8H3;5-6H,1-4H3;2*1H;/q;-1;;;+3/p-2. The average molecular weight is 717 g/mol. The van der Waals surface area contributed by atoms with Crippen molar-refractivity contribution in [2.45, 2.75) is 119 Å². The van der Waals surface area contributed by atoms with Gasteiger partial charge in [-0.25, -0.2) is 0 Å². The van der Waals surface area contributed by atoms with Crippen molar-refractivity contribution in [3.05, 3.63) is 106 Å². The SMILES string of the molecule is CC(C)[N-]C(C)C.CC(C)c1cccc(C(C)C)c1N1[C]=C(Cl)N(c2c(C(C)C)cccc2C(C)C)B1c1ccccc1.[Cl-].[Cl-].[Ti+3]. The maximum atomic E-state index is 7.21. The van der Waals surface area contributed by atoms with E-state index >= 15 is 0 Å². The Morgan fingerprint density at radius 3 is 1.26 bits per heavy atom. The van der Waals surface area contributed by atoms with E-state index in [0.717, 1.165) is 0 Å². The molecule has 46 heavy (non-hydrogen) atoms. The molecule has 3 nitrogen and oxygen atoms in total. The third-order valence-electron chi connectivity index (χ3n) is 7.77. The number of anilines is 2. The van der Waals surface area contributed by atoms with Gasteiger partial charge < -0.3 is 39.8 Å². The molecule has 0 spiro atoms. The predicted molar refractivity (Wildman–Crippen MR) is 192 cm³/mol. The van der Waals surface area contributed by atoms with Crippen molar-refractivity contribution in [1.82, 2.24) is 0 Å². The fourth-order valence-electron chi connectivity index (χ4n) is 5.94. The molecule has 0 aliphatic carbocycles.